The second kappa shape index (κ2) is 10.8. The summed E-state index contributed by atoms with van der Waals surface area (Å²) < 4.78 is 28.5. The van der Waals surface area contributed by atoms with Crippen molar-refractivity contribution in [3.8, 4) is 0 Å². The summed E-state index contributed by atoms with van der Waals surface area (Å²) in [6.07, 6.45) is 0.641. The second-order valence-electron chi connectivity index (χ2n) is 7.58. The van der Waals surface area contributed by atoms with Gasteiger partial charge >= 0.3 is 5.97 Å². The van der Waals surface area contributed by atoms with Crippen LogP contribution in [0.1, 0.15) is 19.8 Å². The molecule has 11 heteroatoms. The number of hydrogen-bond donors (Lipinski definition) is 1. The van der Waals surface area contributed by atoms with Crippen LogP contribution >= 0.6 is 46.6 Å². The molecule has 0 bridgehead atoms. The Morgan fingerprint density at radius 1 is 1.19 bits per heavy atom. The normalized spacial score (nSPS) is 17.9. The fourth-order valence-electron chi connectivity index (χ4n) is 3.54. The lowest BCUT2D eigenvalue weighted by molar-refractivity contribution is -0.137. The predicted octanol–water partition coefficient (Wildman–Crippen LogP) is 5.47. The first-order chi connectivity index (χ1) is 15.1. The number of anilines is 1. The van der Waals surface area contributed by atoms with Gasteiger partial charge in [0.2, 0.25) is 0 Å². The average Bonchev–Trinajstić information content (AvgIpc) is 3.16. The third-order valence-electron chi connectivity index (χ3n) is 5.14. The van der Waals surface area contributed by atoms with E-state index in [4.69, 9.17) is 39.9 Å². The quantitative estimate of drug-likeness (QED) is 0.457. The fraction of sp³-hybridized carbons (Fsp3) is 0.381. The molecule has 0 saturated carbocycles. The minimum Gasteiger partial charge on any atom is -0.481 e. The van der Waals surface area contributed by atoms with Crippen LogP contribution in [0.5, 0.6) is 0 Å². The molecule has 3 rings (SSSR count). The lowest BCUT2D eigenvalue weighted by Gasteiger charge is -2.32. The average molecular weight is 538 g/mol. The monoisotopic (exact) mass is 536 g/mol. The van der Waals surface area contributed by atoms with Gasteiger partial charge in [-0.1, -0.05) is 34.8 Å². The zero-order valence-corrected chi connectivity index (χ0v) is 21.1. The number of aliphatic carboxylic acids is 1. The number of benzene rings is 2. The molecular formula is C21H23Cl3N2O4S2. The highest BCUT2D eigenvalue weighted by molar-refractivity contribution is 8.00. The topological polar surface area (TPSA) is 77.9 Å². The molecule has 1 heterocycles. The highest BCUT2D eigenvalue weighted by Crippen LogP contribution is 2.36. The Morgan fingerprint density at radius 3 is 2.50 bits per heavy atom. The van der Waals surface area contributed by atoms with Gasteiger partial charge in [0.15, 0.2) is 0 Å². The summed E-state index contributed by atoms with van der Waals surface area (Å²) in [6, 6.07) is 10.3. The van der Waals surface area contributed by atoms with Crippen LogP contribution in [0.15, 0.2) is 47.4 Å². The van der Waals surface area contributed by atoms with E-state index < -0.39 is 22.0 Å². The van der Waals surface area contributed by atoms with Crippen molar-refractivity contribution in [3.63, 3.8) is 0 Å². The number of nitrogens with zero attached hydrogens (tertiary/aromatic N) is 2. The molecule has 0 spiro atoms. The summed E-state index contributed by atoms with van der Waals surface area (Å²) in [5.74, 6) is -0.0967. The molecule has 0 amide bonds. The summed E-state index contributed by atoms with van der Waals surface area (Å²) in [4.78, 5) is 13.2. The molecule has 2 atom stereocenters. The van der Waals surface area contributed by atoms with E-state index >= 15 is 0 Å². The maximum absolute atomic E-state index is 13.6. The third kappa shape index (κ3) is 6.24. The van der Waals surface area contributed by atoms with Crippen molar-refractivity contribution in [1.82, 2.24) is 4.90 Å². The summed E-state index contributed by atoms with van der Waals surface area (Å²) in [5.41, 5.74) is 0.307. The number of carbonyl (C=O) groups is 1. The molecule has 0 radical (unpaired) electrons. The van der Waals surface area contributed by atoms with Gasteiger partial charge in [-0.15, -0.1) is 11.8 Å². The van der Waals surface area contributed by atoms with Crippen molar-refractivity contribution >= 4 is 68.2 Å². The maximum Gasteiger partial charge on any atom is 0.304 e. The fourth-order valence-corrected chi connectivity index (χ4v) is 7.02. The summed E-state index contributed by atoms with van der Waals surface area (Å²) in [7, 11) is -3.95. The standard InChI is InChI=1S/C21H23Cl3N2O4S2/c1-14(8-9-25-12-17(31-13-25)11-21(27)28)26(20-10-16(23)4-7-19(20)24)32(29,30)18-5-2-15(22)3-6-18/h2-7,10,14,17H,8-9,11-13H2,1H3,(H,27,28)/t14-,17?/m1/s1. The number of rotatable bonds is 9. The molecule has 1 aliphatic heterocycles. The van der Waals surface area contributed by atoms with Crippen LogP contribution in [-0.4, -0.2) is 54.7 Å². The Labute approximate surface area is 207 Å². The Hall–Kier alpha value is -1.16. The third-order valence-corrected chi connectivity index (χ3v) is 9.19. The van der Waals surface area contributed by atoms with Gasteiger partial charge in [-0.05, 0) is 55.8 Å². The van der Waals surface area contributed by atoms with E-state index in [1.54, 1.807) is 30.0 Å². The molecule has 1 aliphatic rings. The molecule has 32 heavy (non-hydrogen) atoms. The molecule has 6 nitrogen and oxygen atoms in total. The number of sulfonamides is 1. The van der Waals surface area contributed by atoms with Crippen LogP contribution in [-0.2, 0) is 14.8 Å². The minimum atomic E-state index is -3.95. The lowest BCUT2D eigenvalue weighted by atomic mass is 10.2. The summed E-state index contributed by atoms with van der Waals surface area (Å²) in [6.45, 7) is 3.10. The number of thioether (sulfide) groups is 1. The lowest BCUT2D eigenvalue weighted by Crippen LogP contribution is -2.41. The van der Waals surface area contributed by atoms with E-state index in [1.807, 2.05) is 6.92 Å². The van der Waals surface area contributed by atoms with Crippen molar-refractivity contribution in [1.29, 1.82) is 0 Å². The molecule has 2 aromatic rings. The van der Waals surface area contributed by atoms with Gasteiger partial charge < -0.3 is 5.11 Å². The largest absolute Gasteiger partial charge is 0.481 e. The van der Waals surface area contributed by atoms with Gasteiger partial charge in [-0.25, -0.2) is 8.42 Å². The zero-order valence-electron chi connectivity index (χ0n) is 17.2. The maximum atomic E-state index is 13.6. The van der Waals surface area contributed by atoms with Crippen molar-refractivity contribution in [3.05, 3.63) is 57.5 Å². The first-order valence-electron chi connectivity index (χ1n) is 9.88. The van der Waals surface area contributed by atoms with Crippen LogP contribution in [0.2, 0.25) is 15.1 Å². The summed E-state index contributed by atoms with van der Waals surface area (Å²) in [5, 5.41) is 10.1. The van der Waals surface area contributed by atoms with E-state index in [9.17, 15) is 13.2 Å². The molecule has 0 aromatic heterocycles. The summed E-state index contributed by atoms with van der Waals surface area (Å²) >= 11 is 20.1. The second-order valence-corrected chi connectivity index (χ2v) is 11.9. The molecule has 1 saturated heterocycles. The van der Waals surface area contributed by atoms with E-state index in [-0.39, 0.29) is 21.6 Å². The van der Waals surface area contributed by atoms with Crippen molar-refractivity contribution in [2.45, 2.75) is 36.0 Å². The van der Waals surface area contributed by atoms with Gasteiger partial charge in [0, 0.05) is 40.3 Å². The van der Waals surface area contributed by atoms with Crippen molar-refractivity contribution in [2.75, 3.05) is 23.3 Å². The first-order valence-corrected chi connectivity index (χ1v) is 13.5. The van der Waals surface area contributed by atoms with Crippen LogP contribution in [0.4, 0.5) is 5.69 Å². The van der Waals surface area contributed by atoms with Crippen LogP contribution < -0.4 is 4.31 Å². The SMILES string of the molecule is C[C@H](CCN1CSC(CC(=O)O)C1)N(c1cc(Cl)ccc1Cl)S(=O)(=O)c1ccc(Cl)cc1. The van der Waals surface area contributed by atoms with E-state index in [2.05, 4.69) is 4.90 Å². The van der Waals surface area contributed by atoms with E-state index in [0.29, 0.717) is 41.1 Å². The molecule has 1 fully saturated rings. The molecule has 1 N–H and O–H groups in total. The zero-order chi connectivity index (χ0) is 23.5. The van der Waals surface area contributed by atoms with Crippen molar-refractivity contribution in [2.24, 2.45) is 0 Å². The first kappa shape index (κ1) is 25.5. The number of carboxylic acid groups (broad SMARTS) is 1. The minimum absolute atomic E-state index is 0.0408. The molecule has 0 aliphatic carbocycles. The highest BCUT2D eigenvalue weighted by Gasteiger charge is 2.32. The molecule has 174 valence electrons. The van der Waals surface area contributed by atoms with Gasteiger partial charge in [-0.2, -0.15) is 0 Å². The Bertz CT molecular complexity index is 1070. The molecular weight excluding hydrogens is 515 g/mol. The van der Waals surface area contributed by atoms with Crippen LogP contribution in [0, 0.1) is 0 Å². The Balaban J connectivity index is 1.85. The highest BCUT2D eigenvalue weighted by atomic mass is 35.5. The van der Waals surface area contributed by atoms with Crippen molar-refractivity contribution < 1.29 is 18.3 Å². The number of carboxylic acids is 1. The van der Waals surface area contributed by atoms with Gasteiger partial charge in [0.25, 0.3) is 10.0 Å². The van der Waals surface area contributed by atoms with Gasteiger partial charge in [0.1, 0.15) is 0 Å². The molecule has 2 aromatic carbocycles. The Morgan fingerprint density at radius 2 is 1.84 bits per heavy atom. The Kier molecular flexibility index (Phi) is 8.63. The van der Waals surface area contributed by atoms with E-state index in [0.717, 1.165) is 0 Å². The van der Waals surface area contributed by atoms with Gasteiger partial charge in [0.05, 0.1) is 22.0 Å². The van der Waals surface area contributed by atoms with E-state index in [1.165, 1.54) is 28.6 Å². The van der Waals surface area contributed by atoms with Crippen LogP contribution in [0.25, 0.3) is 0 Å². The predicted molar refractivity (Wildman–Crippen MR) is 132 cm³/mol. The number of hydrogen-bond acceptors (Lipinski definition) is 5. The molecule has 1 unspecified atom stereocenters. The van der Waals surface area contributed by atoms with Gasteiger partial charge in [-0.3, -0.25) is 14.0 Å². The number of halogens is 3. The van der Waals surface area contributed by atoms with Crippen LogP contribution in [0.3, 0.4) is 0 Å². The smallest absolute Gasteiger partial charge is 0.304 e.